The number of methoxy groups -OCH3 is 2. The van der Waals surface area contributed by atoms with E-state index in [0.29, 0.717) is 22.9 Å². The topological polar surface area (TPSA) is 67.9 Å². The molecule has 2 amide bonds. The van der Waals surface area contributed by atoms with Crippen LogP contribution in [0.15, 0.2) is 36.4 Å². The van der Waals surface area contributed by atoms with E-state index in [2.05, 4.69) is 5.32 Å². The molecule has 1 fully saturated rings. The molecule has 0 aromatic heterocycles. The SMILES string of the molecule is COc1ccc(OC)c(N2C[C@@H](C(=O)Nc3ccc(F)c(Cl)c3)CC2=O)c1. The standard InChI is InChI=1S/C19H18ClFN2O4/c1-26-13-4-6-17(27-2)16(9-13)23-10-11(7-18(23)24)19(25)22-12-3-5-15(21)14(20)8-12/h3-6,8-9,11H,7,10H2,1-2H3,(H,22,25)/t11-/m0/s1. The monoisotopic (exact) mass is 392 g/mol. The minimum atomic E-state index is -0.568. The molecule has 1 heterocycles. The van der Waals surface area contributed by atoms with E-state index in [9.17, 15) is 14.0 Å². The van der Waals surface area contributed by atoms with Gasteiger partial charge in [0, 0.05) is 24.7 Å². The van der Waals surface area contributed by atoms with Gasteiger partial charge in [0.15, 0.2) is 0 Å². The fourth-order valence-corrected chi connectivity index (χ4v) is 3.12. The minimum absolute atomic E-state index is 0.0567. The lowest BCUT2D eigenvalue weighted by molar-refractivity contribution is -0.122. The molecule has 0 saturated carbocycles. The highest BCUT2D eigenvalue weighted by molar-refractivity contribution is 6.31. The van der Waals surface area contributed by atoms with E-state index in [4.69, 9.17) is 21.1 Å². The number of carbonyl (C=O) groups is 2. The third kappa shape index (κ3) is 3.98. The van der Waals surface area contributed by atoms with Crippen LogP contribution < -0.4 is 19.7 Å². The van der Waals surface area contributed by atoms with Gasteiger partial charge in [0.05, 0.1) is 30.8 Å². The predicted octanol–water partition coefficient (Wildman–Crippen LogP) is 3.49. The van der Waals surface area contributed by atoms with Crippen LogP contribution >= 0.6 is 11.6 Å². The molecule has 6 nitrogen and oxygen atoms in total. The number of anilines is 2. The molecule has 3 rings (SSSR count). The maximum Gasteiger partial charge on any atom is 0.229 e. The molecule has 1 saturated heterocycles. The molecule has 2 aromatic rings. The summed E-state index contributed by atoms with van der Waals surface area (Å²) in [6, 6.07) is 9.04. The summed E-state index contributed by atoms with van der Waals surface area (Å²) in [5.41, 5.74) is 0.915. The van der Waals surface area contributed by atoms with E-state index >= 15 is 0 Å². The molecule has 142 valence electrons. The molecule has 0 aliphatic carbocycles. The summed E-state index contributed by atoms with van der Waals surface area (Å²) in [5.74, 6) is -0.573. The molecular weight excluding hydrogens is 375 g/mol. The van der Waals surface area contributed by atoms with E-state index in [1.165, 1.54) is 37.3 Å². The van der Waals surface area contributed by atoms with Crippen LogP contribution in [0, 0.1) is 11.7 Å². The average Bonchev–Trinajstić information content (AvgIpc) is 3.06. The highest BCUT2D eigenvalue weighted by Gasteiger charge is 2.36. The molecule has 1 aliphatic rings. The van der Waals surface area contributed by atoms with E-state index in [0.717, 1.165) is 0 Å². The molecular formula is C19H18ClFN2O4. The molecule has 1 aliphatic heterocycles. The fourth-order valence-electron chi connectivity index (χ4n) is 2.94. The summed E-state index contributed by atoms with van der Waals surface area (Å²) in [6.45, 7) is 0.198. The predicted molar refractivity (Wildman–Crippen MR) is 100 cm³/mol. The zero-order valence-electron chi connectivity index (χ0n) is 14.8. The summed E-state index contributed by atoms with van der Waals surface area (Å²) < 4.78 is 23.8. The fraction of sp³-hybridized carbons (Fsp3) is 0.263. The minimum Gasteiger partial charge on any atom is -0.497 e. The zero-order chi connectivity index (χ0) is 19.6. The van der Waals surface area contributed by atoms with Crippen molar-refractivity contribution in [2.75, 3.05) is 31.0 Å². The van der Waals surface area contributed by atoms with E-state index < -0.39 is 11.7 Å². The molecule has 27 heavy (non-hydrogen) atoms. The van der Waals surface area contributed by atoms with Crippen molar-refractivity contribution in [3.63, 3.8) is 0 Å². The average molecular weight is 393 g/mol. The van der Waals surface area contributed by atoms with Gasteiger partial charge in [-0.25, -0.2) is 4.39 Å². The Labute approximate surface area is 160 Å². The van der Waals surface area contributed by atoms with Crippen LogP contribution in [0.25, 0.3) is 0 Å². The number of hydrogen-bond acceptors (Lipinski definition) is 4. The van der Waals surface area contributed by atoms with Crippen LogP contribution in [0.2, 0.25) is 5.02 Å². The lowest BCUT2D eigenvalue weighted by Gasteiger charge is -2.20. The first kappa shape index (κ1) is 19.0. The highest BCUT2D eigenvalue weighted by atomic mass is 35.5. The Hall–Kier alpha value is -2.80. The smallest absolute Gasteiger partial charge is 0.229 e. The van der Waals surface area contributed by atoms with Crippen LogP contribution in [-0.4, -0.2) is 32.6 Å². The van der Waals surface area contributed by atoms with Crippen molar-refractivity contribution >= 4 is 34.8 Å². The van der Waals surface area contributed by atoms with Gasteiger partial charge in [0.25, 0.3) is 0 Å². The summed E-state index contributed by atoms with van der Waals surface area (Å²) in [7, 11) is 3.04. The second-order valence-corrected chi connectivity index (χ2v) is 6.47. The van der Waals surface area contributed by atoms with Gasteiger partial charge in [0.2, 0.25) is 11.8 Å². The third-order valence-electron chi connectivity index (χ3n) is 4.36. The van der Waals surface area contributed by atoms with E-state index in [1.807, 2.05) is 0 Å². The molecule has 1 atom stereocenters. The number of benzene rings is 2. The van der Waals surface area contributed by atoms with Crippen LogP contribution in [0.5, 0.6) is 11.5 Å². The first-order valence-electron chi connectivity index (χ1n) is 8.21. The third-order valence-corrected chi connectivity index (χ3v) is 4.65. The molecule has 0 bridgehead atoms. The summed E-state index contributed by atoms with van der Waals surface area (Å²) in [6.07, 6.45) is 0.0567. The Morgan fingerprint density at radius 2 is 2.00 bits per heavy atom. The van der Waals surface area contributed by atoms with Crippen molar-refractivity contribution in [3.8, 4) is 11.5 Å². The van der Waals surface area contributed by atoms with Gasteiger partial charge < -0.3 is 19.7 Å². The number of amides is 2. The van der Waals surface area contributed by atoms with Crippen molar-refractivity contribution in [1.29, 1.82) is 0 Å². The maximum atomic E-state index is 13.2. The van der Waals surface area contributed by atoms with Gasteiger partial charge >= 0.3 is 0 Å². The molecule has 0 radical (unpaired) electrons. The van der Waals surface area contributed by atoms with Crippen molar-refractivity contribution in [3.05, 3.63) is 47.2 Å². The number of nitrogens with zero attached hydrogens (tertiary/aromatic N) is 1. The van der Waals surface area contributed by atoms with E-state index in [1.54, 1.807) is 18.2 Å². The van der Waals surface area contributed by atoms with Gasteiger partial charge in [-0.2, -0.15) is 0 Å². The number of ether oxygens (including phenoxy) is 2. The lowest BCUT2D eigenvalue weighted by atomic mass is 10.1. The van der Waals surface area contributed by atoms with Gasteiger partial charge in [-0.05, 0) is 30.3 Å². The molecule has 8 heteroatoms. The number of halogens is 2. The van der Waals surface area contributed by atoms with Crippen LogP contribution in [0.3, 0.4) is 0 Å². The van der Waals surface area contributed by atoms with Crippen molar-refractivity contribution in [2.24, 2.45) is 5.92 Å². The Bertz CT molecular complexity index is 890. The van der Waals surface area contributed by atoms with Crippen LogP contribution in [0.1, 0.15) is 6.42 Å². The summed E-state index contributed by atoms with van der Waals surface area (Å²) >= 11 is 5.73. The van der Waals surface area contributed by atoms with Crippen LogP contribution in [-0.2, 0) is 9.59 Å². The largest absolute Gasteiger partial charge is 0.497 e. The number of carbonyl (C=O) groups excluding carboxylic acids is 2. The second-order valence-electron chi connectivity index (χ2n) is 6.06. The first-order valence-corrected chi connectivity index (χ1v) is 8.59. The Kier molecular flexibility index (Phi) is 5.51. The molecule has 0 unspecified atom stereocenters. The Morgan fingerprint density at radius 1 is 1.22 bits per heavy atom. The van der Waals surface area contributed by atoms with Crippen molar-refractivity contribution in [1.82, 2.24) is 0 Å². The molecule has 0 spiro atoms. The highest BCUT2D eigenvalue weighted by Crippen LogP contribution is 2.36. The van der Waals surface area contributed by atoms with Gasteiger partial charge in [-0.3, -0.25) is 9.59 Å². The quantitative estimate of drug-likeness (QED) is 0.845. The summed E-state index contributed by atoms with van der Waals surface area (Å²) in [4.78, 5) is 26.5. The molecule has 1 N–H and O–H groups in total. The normalized spacial score (nSPS) is 16.4. The van der Waals surface area contributed by atoms with Crippen molar-refractivity contribution in [2.45, 2.75) is 6.42 Å². The number of hydrogen-bond donors (Lipinski definition) is 1. The first-order chi connectivity index (χ1) is 12.9. The Morgan fingerprint density at radius 3 is 2.67 bits per heavy atom. The summed E-state index contributed by atoms with van der Waals surface area (Å²) in [5, 5.41) is 2.59. The van der Waals surface area contributed by atoms with Gasteiger partial charge in [-0.15, -0.1) is 0 Å². The molecule has 2 aromatic carbocycles. The van der Waals surface area contributed by atoms with E-state index in [-0.39, 0.29) is 29.8 Å². The number of rotatable bonds is 5. The second kappa shape index (κ2) is 7.84. The van der Waals surface area contributed by atoms with Gasteiger partial charge in [0.1, 0.15) is 17.3 Å². The Balaban J connectivity index is 1.77. The maximum absolute atomic E-state index is 13.2. The lowest BCUT2D eigenvalue weighted by Crippen LogP contribution is -2.28. The van der Waals surface area contributed by atoms with Crippen LogP contribution in [0.4, 0.5) is 15.8 Å². The van der Waals surface area contributed by atoms with Crippen molar-refractivity contribution < 1.29 is 23.5 Å². The van der Waals surface area contributed by atoms with Gasteiger partial charge in [-0.1, -0.05) is 11.6 Å². The number of nitrogens with one attached hydrogen (secondary N) is 1. The zero-order valence-corrected chi connectivity index (χ0v) is 15.5.